The Bertz CT molecular complexity index is 840. The van der Waals surface area contributed by atoms with Crippen molar-refractivity contribution in [1.82, 2.24) is 4.98 Å². The SMILES string of the molecule is Cc1ccc(NC(=O)Cc2nc(-c3cc(Cl)sc3Cl)cs2)cc1. The third-order valence-electron chi connectivity index (χ3n) is 3.13. The smallest absolute Gasteiger partial charge is 0.231 e. The van der Waals surface area contributed by atoms with Gasteiger partial charge in [0.1, 0.15) is 9.34 Å². The Labute approximate surface area is 151 Å². The molecule has 3 aromatic rings. The molecular weight excluding hydrogens is 371 g/mol. The molecular formula is C16H12Cl2N2OS2. The molecule has 1 amide bonds. The molecule has 3 rings (SSSR count). The van der Waals surface area contributed by atoms with E-state index in [0.29, 0.717) is 8.67 Å². The van der Waals surface area contributed by atoms with Crippen LogP contribution in [0.25, 0.3) is 11.3 Å². The molecule has 0 unspecified atom stereocenters. The summed E-state index contributed by atoms with van der Waals surface area (Å²) in [6.07, 6.45) is 0.230. The molecule has 3 nitrogen and oxygen atoms in total. The van der Waals surface area contributed by atoms with Gasteiger partial charge in [0.05, 0.1) is 16.5 Å². The number of hydrogen-bond acceptors (Lipinski definition) is 4. The van der Waals surface area contributed by atoms with Crippen molar-refractivity contribution >= 4 is 57.5 Å². The van der Waals surface area contributed by atoms with Crippen molar-refractivity contribution in [3.63, 3.8) is 0 Å². The fourth-order valence-corrected chi connectivity index (χ4v) is 4.28. The fourth-order valence-electron chi connectivity index (χ4n) is 2.01. The van der Waals surface area contributed by atoms with Gasteiger partial charge < -0.3 is 5.32 Å². The molecule has 0 saturated carbocycles. The van der Waals surface area contributed by atoms with E-state index in [1.165, 1.54) is 22.7 Å². The van der Waals surface area contributed by atoms with Gasteiger partial charge in [0.15, 0.2) is 0 Å². The Morgan fingerprint density at radius 1 is 1.26 bits per heavy atom. The summed E-state index contributed by atoms with van der Waals surface area (Å²) in [5, 5.41) is 5.49. The van der Waals surface area contributed by atoms with Crippen molar-refractivity contribution in [2.75, 3.05) is 5.32 Å². The first-order valence-electron chi connectivity index (χ1n) is 6.77. The molecule has 0 aliphatic rings. The largest absolute Gasteiger partial charge is 0.326 e. The number of hydrogen-bond donors (Lipinski definition) is 1. The second kappa shape index (κ2) is 7.01. The van der Waals surface area contributed by atoms with Gasteiger partial charge in [-0.15, -0.1) is 22.7 Å². The zero-order valence-corrected chi connectivity index (χ0v) is 15.2. The second-order valence-corrected chi connectivity index (χ2v) is 8.18. The highest BCUT2D eigenvalue weighted by atomic mass is 35.5. The molecule has 0 fully saturated rings. The summed E-state index contributed by atoms with van der Waals surface area (Å²) in [6, 6.07) is 9.47. The first-order valence-corrected chi connectivity index (χ1v) is 9.22. The highest BCUT2D eigenvalue weighted by Crippen LogP contribution is 2.38. The van der Waals surface area contributed by atoms with Gasteiger partial charge in [-0.25, -0.2) is 4.98 Å². The van der Waals surface area contributed by atoms with Gasteiger partial charge in [0, 0.05) is 16.6 Å². The van der Waals surface area contributed by atoms with Crippen molar-refractivity contribution in [2.45, 2.75) is 13.3 Å². The van der Waals surface area contributed by atoms with Crippen LogP contribution in [0.5, 0.6) is 0 Å². The van der Waals surface area contributed by atoms with E-state index in [2.05, 4.69) is 10.3 Å². The second-order valence-electron chi connectivity index (χ2n) is 4.96. The quantitative estimate of drug-likeness (QED) is 0.631. The lowest BCUT2D eigenvalue weighted by Gasteiger charge is -2.04. The van der Waals surface area contributed by atoms with Crippen molar-refractivity contribution in [3.05, 3.63) is 55.0 Å². The predicted octanol–water partition coefficient (Wildman–Crippen LogP) is 5.67. The molecule has 0 bridgehead atoms. The molecule has 0 atom stereocenters. The number of benzene rings is 1. The molecule has 7 heteroatoms. The zero-order valence-electron chi connectivity index (χ0n) is 12.1. The normalized spacial score (nSPS) is 10.7. The number of anilines is 1. The van der Waals surface area contributed by atoms with Crippen LogP contribution in [-0.2, 0) is 11.2 Å². The van der Waals surface area contributed by atoms with Crippen molar-refractivity contribution in [3.8, 4) is 11.3 Å². The summed E-state index contributed by atoms with van der Waals surface area (Å²) in [5.41, 5.74) is 3.49. The average Bonchev–Trinajstić information content (AvgIpc) is 3.07. The molecule has 118 valence electrons. The number of thiophene rings is 1. The molecule has 2 heterocycles. The summed E-state index contributed by atoms with van der Waals surface area (Å²) in [6.45, 7) is 2.00. The molecule has 23 heavy (non-hydrogen) atoms. The van der Waals surface area contributed by atoms with E-state index in [0.717, 1.165) is 27.5 Å². The van der Waals surface area contributed by atoms with Crippen LogP contribution in [0.15, 0.2) is 35.7 Å². The fraction of sp³-hybridized carbons (Fsp3) is 0.125. The Hall–Kier alpha value is -1.40. The minimum absolute atomic E-state index is 0.0933. The van der Waals surface area contributed by atoms with E-state index in [1.54, 1.807) is 6.07 Å². The lowest BCUT2D eigenvalue weighted by atomic mass is 10.2. The number of nitrogens with one attached hydrogen (secondary N) is 1. The number of halogens is 2. The van der Waals surface area contributed by atoms with Gasteiger partial charge in [-0.1, -0.05) is 40.9 Å². The molecule has 1 aromatic carbocycles. The number of aryl methyl sites for hydroxylation is 1. The van der Waals surface area contributed by atoms with Crippen LogP contribution in [0.1, 0.15) is 10.6 Å². The van der Waals surface area contributed by atoms with Crippen LogP contribution in [0, 0.1) is 6.92 Å². The number of carbonyl (C=O) groups is 1. The van der Waals surface area contributed by atoms with E-state index < -0.39 is 0 Å². The Balaban J connectivity index is 1.68. The number of carbonyl (C=O) groups excluding carboxylic acids is 1. The predicted molar refractivity (Wildman–Crippen MR) is 99.0 cm³/mol. The summed E-state index contributed by atoms with van der Waals surface area (Å²) < 4.78 is 1.23. The van der Waals surface area contributed by atoms with Gasteiger partial charge in [-0.05, 0) is 25.1 Å². The summed E-state index contributed by atoms with van der Waals surface area (Å²) in [4.78, 5) is 16.6. The topological polar surface area (TPSA) is 42.0 Å². The Morgan fingerprint density at radius 2 is 2.00 bits per heavy atom. The van der Waals surface area contributed by atoms with Gasteiger partial charge in [0.2, 0.25) is 5.91 Å². The van der Waals surface area contributed by atoms with Gasteiger partial charge >= 0.3 is 0 Å². The van der Waals surface area contributed by atoms with E-state index in [4.69, 9.17) is 23.2 Å². The first-order chi connectivity index (χ1) is 11.0. The highest BCUT2D eigenvalue weighted by molar-refractivity contribution is 7.20. The van der Waals surface area contributed by atoms with Gasteiger partial charge in [-0.2, -0.15) is 0 Å². The number of aromatic nitrogens is 1. The number of amides is 1. The van der Waals surface area contributed by atoms with E-state index in [-0.39, 0.29) is 12.3 Å². The maximum Gasteiger partial charge on any atom is 0.231 e. The molecule has 0 radical (unpaired) electrons. The maximum atomic E-state index is 12.1. The molecule has 0 spiro atoms. The minimum atomic E-state index is -0.0933. The molecule has 0 aliphatic heterocycles. The van der Waals surface area contributed by atoms with Gasteiger partial charge in [0.25, 0.3) is 0 Å². The number of rotatable bonds is 4. The third-order valence-corrected chi connectivity index (χ3v) is 5.47. The minimum Gasteiger partial charge on any atom is -0.326 e. The van der Waals surface area contributed by atoms with Crippen LogP contribution in [0.4, 0.5) is 5.69 Å². The number of thiazole rings is 1. The zero-order chi connectivity index (χ0) is 16.4. The average molecular weight is 383 g/mol. The molecule has 0 saturated heterocycles. The van der Waals surface area contributed by atoms with Crippen LogP contribution >= 0.6 is 45.9 Å². The van der Waals surface area contributed by atoms with E-state index >= 15 is 0 Å². The van der Waals surface area contributed by atoms with Crippen LogP contribution in [0.3, 0.4) is 0 Å². The lowest BCUT2D eigenvalue weighted by molar-refractivity contribution is -0.115. The van der Waals surface area contributed by atoms with E-state index in [9.17, 15) is 4.79 Å². The highest BCUT2D eigenvalue weighted by Gasteiger charge is 2.13. The number of nitrogens with zero attached hydrogens (tertiary/aromatic N) is 1. The third kappa shape index (κ3) is 4.12. The lowest BCUT2D eigenvalue weighted by Crippen LogP contribution is -2.14. The van der Waals surface area contributed by atoms with Crippen molar-refractivity contribution < 1.29 is 4.79 Å². The molecule has 0 aliphatic carbocycles. The van der Waals surface area contributed by atoms with E-state index in [1.807, 2.05) is 36.6 Å². The van der Waals surface area contributed by atoms with Gasteiger partial charge in [-0.3, -0.25) is 4.79 Å². The van der Waals surface area contributed by atoms with Crippen LogP contribution in [0.2, 0.25) is 8.67 Å². The molecule has 2 aromatic heterocycles. The van der Waals surface area contributed by atoms with Crippen molar-refractivity contribution in [2.24, 2.45) is 0 Å². The molecule has 1 N–H and O–H groups in total. The first kappa shape index (κ1) is 16.5. The summed E-state index contributed by atoms with van der Waals surface area (Å²) in [7, 11) is 0. The Kier molecular flexibility index (Phi) is 5.02. The summed E-state index contributed by atoms with van der Waals surface area (Å²) >= 11 is 14.8. The van der Waals surface area contributed by atoms with Crippen molar-refractivity contribution in [1.29, 1.82) is 0 Å². The summed E-state index contributed by atoms with van der Waals surface area (Å²) in [5.74, 6) is -0.0933. The monoisotopic (exact) mass is 382 g/mol. The maximum absolute atomic E-state index is 12.1. The standard InChI is InChI=1S/C16H12Cl2N2OS2/c1-9-2-4-10(5-3-9)19-14(21)7-15-20-12(8-22-15)11-6-13(17)23-16(11)18/h2-6,8H,7H2,1H3,(H,19,21). The van der Waals surface area contributed by atoms with Crippen LogP contribution in [-0.4, -0.2) is 10.9 Å². The van der Waals surface area contributed by atoms with Crippen LogP contribution < -0.4 is 5.32 Å². The Morgan fingerprint density at radius 3 is 2.65 bits per heavy atom.